The average molecular weight is 268 g/mol. The number of nitrogens with zero attached hydrogens (tertiary/aromatic N) is 1. The van der Waals surface area contributed by atoms with Crippen LogP contribution in [0, 0.1) is 5.92 Å². The predicted octanol–water partition coefficient (Wildman–Crippen LogP) is -0.667. The summed E-state index contributed by atoms with van der Waals surface area (Å²) in [7, 11) is 0. The molecular formula is C12H16N2O5. The van der Waals surface area contributed by atoms with Crippen LogP contribution in [0.25, 0.3) is 0 Å². The predicted molar refractivity (Wildman–Crippen MR) is 62.4 cm³/mol. The van der Waals surface area contributed by atoms with Crippen LogP contribution < -0.4 is 5.73 Å². The largest absolute Gasteiger partial charge is 0.330 e. The summed E-state index contributed by atoms with van der Waals surface area (Å²) in [6, 6.07) is 0. The first-order chi connectivity index (χ1) is 9.02. The minimum absolute atomic E-state index is 0.0101. The van der Waals surface area contributed by atoms with Crippen molar-refractivity contribution in [3.8, 4) is 0 Å². The van der Waals surface area contributed by atoms with Crippen LogP contribution in [0.5, 0.6) is 0 Å². The number of imide groups is 1. The molecule has 2 atom stereocenters. The minimum atomic E-state index is -0.911. The monoisotopic (exact) mass is 268 g/mol. The first kappa shape index (κ1) is 13.8. The molecule has 0 spiro atoms. The van der Waals surface area contributed by atoms with E-state index in [0.717, 1.165) is 0 Å². The molecule has 0 bridgehead atoms. The quantitative estimate of drug-likeness (QED) is 0.537. The molecule has 1 saturated carbocycles. The van der Waals surface area contributed by atoms with Gasteiger partial charge in [0.05, 0.1) is 0 Å². The Balaban J connectivity index is 2.04. The third-order valence-corrected chi connectivity index (χ3v) is 3.44. The Hall–Kier alpha value is -1.60. The zero-order valence-corrected chi connectivity index (χ0v) is 10.5. The molecule has 104 valence electrons. The second kappa shape index (κ2) is 5.58. The Bertz CT molecular complexity index is 418. The van der Waals surface area contributed by atoms with Crippen LogP contribution >= 0.6 is 0 Å². The van der Waals surface area contributed by atoms with E-state index in [1.807, 2.05) is 0 Å². The van der Waals surface area contributed by atoms with Crippen LogP contribution in [0.4, 0.5) is 0 Å². The van der Waals surface area contributed by atoms with Crippen molar-refractivity contribution in [2.24, 2.45) is 11.7 Å². The molecule has 2 N–H and O–H groups in total. The van der Waals surface area contributed by atoms with Crippen LogP contribution in [-0.4, -0.2) is 41.1 Å². The molecule has 1 aliphatic heterocycles. The van der Waals surface area contributed by atoms with Gasteiger partial charge in [0, 0.05) is 38.1 Å². The van der Waals surface area contributed by atoms with Crippen molar-refractivity contribution in [1.29, 1.82) is 0 Å². The fraction of sp³-hybridized carbons (Fsp3) is 0.667. The Labute approximate surface area is 110 Å². The number of amides is 2. The van der Waals surface area contributed by atoms with Crippen molar-refractivity contribution in [3.05, 3.63) is 0 Å². The highest BCUT2D eigenvalue weighted by atomic mass is 16.7. The molecular weight excluding hydrogens is 252 g/mol. The molecule has 1 saturated heterocycles. The maximum absolute atomic E-state index is 11.9. The number of nitrogens with two attached hydrogens (primary N) is 1. The summed E-state index contributed by atoms with van der Waals surface area (Å²) >= 11 is 0. The number of Topliss-reactive ketones (excluding diaryl/α,β-unsaturated/α-hetero) is 2. The molecule has 0 aromatic heterocycles. The van der Waals surface area contributed by atoms with Gasteiger partial charge in [-0.25, -0.2) is 0 Å². The van der Waals surface area contributed by atoms with Crippen molar-refractivity contribution in [2.75, 3.05) is 6.54 Å². The molecule has 2 amide bonds. The molecule has 2 unspecified atom stereocenters. The van der Waals surface area contributed by atoms with E-state index in [1.54, 1.807) is 0 Å². The molecule has 7 heteroatoms. The lowest BCUT2D eigenvalue weighted by molar-refractivity contribution is -0.203. The molecule has 0 aromatic rings. The van der Waals surface area contributed by atoms with Gasteiger partial charge in [-0.2, -0.15) is 5.06 Å². The summed E-state index contributed by atoms with van der Waals surface area (Å²) in [6.45, 7) is 0.124. The maximum Gasteiger partial charge on any atom is 0.254 e. The van der Waals surface area contributed by atoms with E-state index in [1.165, 1.54) is 0 Å². The minimum Gasteiger partial charge on any atom is -0.330 e. The van der Waals surface area contributed by atoms with Gasteiger partial charge in [-0.05, 0) is 6.42 Å². The zero-order valence-electron chi connectivity index (χ0n) is 10.5. The van der Waals surface area contributed by atoms with Gasteiger partial charge in [0.1, 0.15) is 11.9 Å². The molecule has 0 radical (unpaired) electrons. The van der Waals surface area contributed by atoms with E-state index in [2.05, 4.69) is 0 Å². The van der Waals surface area contributed by atoms with Crippen LogP contribution in [0.15, 0.2) is 0 Å². The van der Waals surface area contributed by atoms with E-state index >= 15 is 0 Å². The van der Waals surface area contributed by atoms with Gasteiger partial charge in [-0.15, -0.1) is 0 Å². The fourth-order valence-electron chi connectivity index (χ4n) is 2.25. The van der Waals surface area contributed by atoms with Gasteiger partial charge in [0.25, 0.3) is 11.8 Å². The van der Waals surface area contributed by atoms with Gasteiger partial charge < -0.3 is 5.73 Å². The normalized spacial score (nSPS) is 29.0. The smallest absolute Gasteiger partial charge is 0.254 e. The van der Waals surface area contributed by atoms with E-state index < -0.39 is 23.8 Å². The van der Waals surface area contributed by atoms with Gasteiger partial charge in [0.2, 0.25) is 0 Å². The van der Waals surface area contributed by atoms with Crippen LogP contribution in [0.3, 0.4) is 0 Å². The van der Waals surface area contributed by atoms with E-state index in [-0.39, 0.29) is 50.2 Å². The van der Waals surface area contributed by atoms with E-state index in [0.29, 0.717) is 5.06 Å². The Morgan fingerprint density at radius 2 is 1.68 bits per heavy atom. The van der Waals surface area contributed by atoms with Crippen LogP contribution in [-0.2, 0) is 24.0 Å². The second-order valence-electron chi connectivity index (χ2n) is 4.78. The number of hydroxylamine groups is 2. The highest BCUT2D eigenvalue weighted by Gasteiger charge is 2.37. The molecule has 2 aliphatic rings. The number of carbonyl (C=O) groups excluding carboxylic acids is 4. The van der Waals surface area contributed by atoms with Gasteiger partial charge in [-0.1, -0.05) is 0 Å². The summed E-state index contributed by atoms with van der Waals surface area (Å²) < 4.78 is 0. The lowest BCUT2D eigenvalue weighted by Gasteiger charge is -2.19. The van der Waals surface area contributed by atoms with Crippen molar-refractivity contribution < 1.29 is 24.0 Å². The third-order valence-electron chi connectivity index (χ3n) is 3.44. The first-order valence-electron chi connectivity index (χ1n) is 6.31. The van der Waals surface area contributed by atoms with E-state index in [4.69, 9.17) is 10.6 Å². The fourth-order valence-corrected chi connectivity index (χ4v) is 2.25. The van der Waals surface area contributed by atoms with Gasteiger partial charge >= 0.3 is 0 Å². The van der Waals surface area contributed by atoms with Crippen molar-refractivity contribution in [3.63, 3.8) is 0 Å². The highest BCUT2D eigenvalue weighted by Crippen LogP contribution is 2.22. The van der Waals surface area contributed by atoms with E-state index in [9.17, 15) is 19.2 Å². The molecule has 1 heterocycles. The lowest BCUT2D eigenvalue weighted by atomic mass is 9.99. The standard InChI is InChI=1S/C12H16N2O5/c13-6-7-5-9(16)10(2-1-8(7)15)19-14-11(17)3-4-12(14)18/h7,10H,1-6,13H2. The molecule has 1 aliphatic carbocycles. The summed E-state index contributed by atoms with van der Waals surface area (Å²) in [6.07, 6.45) is -0.337. The summed E-state index contributed by atoms with van der Waals surface area (Å²) in [5, 5.41) is 0.663. The summed E-state index contributed by atoms with van der Waals surface area (Å²) in [5.41, 5.74) is 5.45. The van der Waals surface area contributed by atoms with Crippen molar-refractivity contribution in [1.82, 2.24) is 5.06 Å². The van der Waals surface area contributed by atoms with Gasteiger partial charge in [0.15, 0.2) is 5.78 Å². The topological polar surface area (TPSA) is 107 Å². The average Bonchev–Trinajstić information content (AvgIpc) is 2.62. The Morgan fingerprint density at radius 3 is 2.26 bits per heavy atom. The Kier molecular flexibility index (Phi) is 4.06. The molecule has 7 nitrogen and oxygen atoms in total. The molecule has 0 aromatic carbocycles. The lowest BCUT2D eigenvalue weighted by Crippen LogP contribution is -2.37. The third kappa shape index (κ3) is 2.87. The van der Waals surface area contributed by atoms with Crippen molar-refractivity contribution >= 4 is 23.4 Å². The number of carbonyl (C=O) groups is 4. The number of hydrogen-bond acceptors (Lipinski definition) is 6. The molecule has 2 fully saturated rings. The summed E-state index contributed by atoms with van der Waals surface area (Å²) in [5.74, 6) is -1.71. The zero-order chi connectivity index (χ0) is 14.0. The van der Waals surface area contributed by atoms with Crippen LogP contribution in [0.1, 0.15) is 32.1 Å². The second-order valence-corrected chi connectivity index (χ2v) is 4.78. The van der Waals surface area contributed by atoms with Gasteiger partial charge in [-0.3, -0.25) is 24.0 Å². The summed E-state index contributed by atoms with van der Waals surface area (Å²) in [4.78, 5) is 51.7. The molecule has 19 heavy (non-hydrogen) atoms. The first-order valence-corrected chi connectivity index (χ1v) is 6.31. The van der Waals surface area contributed by atoms with Crippen molar-refractivity contribution in [2.45, 2.75) is 38.2 Å². The number of hydrogen-bond donors (Lipinski definition) is 1. The highest BCUT2D eigenvalue weighted by molar-refractivity contribution is 6.01. The number of ketones is 2. The van der Waals surface area contributed by atoms with Crippen LogP contribution in [0.2, 0.25) is 0 Å². The SMILES string of the molecule is NCC1CC(=O)C(ON2C(=O)CCC2=O)CCC1=O. The molecule has 2 rings (SSSR count). The number of rotatable bonds is 3. The Morgan fingerprint density at radius 1 is 1.05 bits per heavy atom. The maximum atomic E-state index is 11.9.